The number of methoxy groups -OCH3 is 2. The Morgan fingerprint density at radius 1 is 1.29 bits per heavy atom. The van der Waals surface area contributed by atoms with Crippen LogP contribution >= 0.6 is 0 Å². The molecule has 0 fully saturated rings. The Morgan fingerprint density at radius 3 is 2.38 bits per heavy atom. The van der Waals surface area contributed by atoms with Crippen LogP contribution in [-0.4, -0.2) is 37.7 Å². The first-order valence-corrected chi connectivity index (χ1v) is 12.5. The van der Waals surface area contributed by atoms with Gasteiger partial charge in [0.1, 0.15) is 5.91 Å². The minimum absolute atomic E-state index is 0. The maximum atomic E-state index is 5.28. The van der Waals surface area contributed by atoms with Gasteiger partial charge in [-0.3, -0.25) is 6.08 Å². The maximum Gasteiger partial charge on any atom is 4.00 e. The van der Waals surface area contributed by atoms with Crippen LogP contribution in [0.1, 0.15) is 19.3 Å². The van der Waals surface area contributed by atoms with Gasteiger partial charge in [-0.15, -0.1) is 13.0 Å². The molecule has 0 aromatic heterocycles. The summed E-state index contributed by atoms with van der Waals surface area (Å²) in [6.45, 7) is 8.76. The number of rotatable bonds is 10. The first-order valence-electron chi connectivity index (χ1n) is 7.52. The van der Waals surface area contributed by atoms with Crippen LogP contribution in [0.15, 0.2) is 29.5 Å². The molecule has 0 aliphatic heterocycles. The first-order chi connectivity index (χ1) is 9.55. The van der Waals surface area contributed by atoms with E-state index in [1.807, 2.05) is 0 Å². The summed E-state index contributed by atoms with van der Waals surface area (Å²) < 4.78 is 10.6. The second-order valence-electron chi connectivity index (χ2n) is 6.01. The molecule has 0 atom stereocenters. The van der Waals surface area contributed by atoms with Gasteiger partial charge in [-0.1, -0.05) is 38.1 Å². The average Bonchev–Trinajstić information content (AvgIpc) is 2.88. The smallest absolute Gasteiger partial charge is 0.360 e. The molecule has 0 heterocycles. The van der Waals surface area contributed by atoms with E-state index in [0.29, 0.717) is 0 Å². The molecule has 1 rings (SSSR count). The van der Waals surface area contributed by atoms with Crippen LogP contribution in [0.25, 0.3) is 0 Å². The van der Waals surface area contributed by atoms with Gasteiger partial charge in [0.25, 0.3) is 0 Å². The Kier molecular flexibility index (Phi) is 22.3. The van der Waals surface area contributed by atoms with Gasteiger partial charge < -0.3 is 31.8 Å². The molecular weight excluding hydrogens is 511 g/mol. The summed E-state index contributed by atoms with van der Waals surface area (Å²) in [5, 5.41) is 1.55. The van der Waals surface area contributed by atoms with E-state index in [1.165, 1.54) is 18.9 Å². The number of hydrogen-bond acceptors (Lipinski definition) is 2. The summed E-state index contributed by atoms with van der Waals surface area (Å²) in [4.78, 5) is 0. The molecule has 0 unspecified atom stereocenters. The summed E-state index contributed by atoms with van der Waals surface area (Å²) in [5.74, 6) is 0.0840. The number of allylic oxidation sites excluding steroid dienone is 5. The summed E-state index contributed by atoms with van der Waals surface area (Å²) in [5.41, 5.74) is 1.56. The molecule has 0 bridgehead atoms. The molecule has 144 valence electrons. The van der Waals surface area contributed by atoms with Gasteiger partial charge >= 0.3 is 21.1 Å². The molecule has 0 N–H and O–H groups in total. The van der Waals surface area contributed by atoms with E-state index in [9.17, 15) is 0 Å². The molecule has 1 aliphatic rings. The van der Waals surface area contributed by atoms with Gasteiger partial charge in [-0.05, 0) is 6.04 Å². The maximum absolute atomic E-state index is 5.28. The Balaban J connectivity index is -0.000000500. The molecule has 0 spiro atoms. The van der Waals surface area contributed by atoms with Gasteiger partial charge in [-0.25, -0.2) is 10.8 Å². The predicted molar refractivity (Wildman–Crippen MR) is 112 cm³/mol. The van der Waals surface area contributed by atoms with Crippen LogP contribution in [0.4, 0.5) is 0 Å². The fourth-order valence-corrected chi connectivity index (χ4v) is 6.76. The van der Waals surface area contributed by atoms with E-state index in [1.54, 1.807) is 25.0 Å². The average molecular weight is 550 g/mol. The zero-order valence-corrected chi connectivity index (χ0v) is 21.5. The van der Waals surface area contributed by atoms with Crippen LogP contribution in [0, 0.1) is 28.4 Å². The minimum atomic E-state index is -1.35. The summed E-state index contributed by atoms with van der Waals surface area (Å²) >= 11 is 0. The fraction of sp³-hybridized carbons (Fsp3) is 0.526. The number of ether oxygens (including phenoxy) is 2. The molecular formula is C19H38O2PtSi2. The van der Waals surface area contributed by atoms with E-state index in [4.69, 9.17) is 9.47 Å². The quantitative estimate of drug-likeness (QED) is 0.129. The molecule has 0 aromatic rings. The van der Waals surface area contributed by atoms with E-state index in [0.717, 1.165) is 12.5 Å². The van der Waals surface area contributed by atoms with Crippen molar-refractivity contribution in [1.82, 2.24) is 0 Å². The zero-order valence-electron chi connectivity index (χ0n) is 16.8. The van der Waals surface area contributed by atoms with Crippen molar-refractivity contribution >= 4 is 17.6 Å². The van der Waals surface area contributed by atoms with E-state index >= 15 is 0 Å². The van der Waals surface area contributed by atoms with Gasteiger partial charge in [0, 0.05) is 22.3 Å². The van der Waals surface area contributed by atoms with Crippen LogP contribution in [0.2, 0.25) is 25.2 Å². The fourth-order valence-electron chi connectivity index (χ4n) is 2.81. The van der Waals surface area contributed by atoms with Crippen molar-refractivity contribution in [1.29, 1.82) is 0 Å². The van der Waals surface area contributed by atoms with Crippen LogP contribution in [0.3, 0.4) is 0 Å². The second kappa shape index (κ2) is 16.7. The van der Waals surface area contributed by atoms with Crippen molar-refractivity contribution in [2.75, 3.05) is 14.2 Å². The van der Waals surface area contributed by atoms with E-state index < -0.39 is 8.07 Å². The SMILES string of the molecule is C=CC[Si](C)(C)C1=[C-]CC=C1CCC[SiH2]C(OC)OC.[CH3-].[CH3-].[CH3-].[Pt+4]. The Hall–Kier alpha value is 0.262. The van der Waals surface area contributed by atoms with Gasteiger partial charge in [0.15, 0.2) is 0 Å². The summed E-state index contributed by atoms with van der Waals surface area (Å²) in [7, 11) is 1.84. The minimum Gasteiger partial charge on any atom is -0.360 e. The van der Waals surface area contributed by atoms with E-state index in [-0.39, 0.29) is 58.8 Å². The zero-order chi connectivity index (χ0) is 15.0. The van der Waals surface area contributed by atoms with Crippen molar-refractivity contribution in [2.45, 2.75) is 50.4 Å². The third-order valence-electron chi connectivity index (χ3n) is 3.94. The van der Waals surface area contributed by atoms with Gasteiger partial charge in [-0.2, -0.15) is 6.08 Å². The molecule has 2 nitrogen and oxygen atoms in total. The van der Waals surface area contributed by atoms with Crippen molar-refractivity contribution < 1.29 is 30.5 Å². The number of hydrogen-bond donors (Lipinski definition) is 0. The molecule has 0 saturated carbocycles. The second-order valence-corrected chi connectivity index (χ2v) is 12.6. The molecule has 0 radical (unpaired) electrons. The molecule has 1 aliphatic carbocycles. The molecule has 24 heavy (non-hydrogen) atoms. The van der Waals surface area contributed by atoms with Gasteiger partial charge in [0.2, 0.25) is 0 Å². The van der Waals surface area contributed by atoms with E-state index in [2.05, 4.69) is 37.9 Å². The largest absolute Gasteiger partial charge is 4.00 e. The van der Waals surface area contributed by atoms with Crippen LogP contribution in [-0.2, 0) is 30.5 Å². The normalized spacial score (nSPS) is 13.4. The standard InChI is InChI=1S/C16H29O2Si2.3CH3.Pt/c1-6-13-20(4,5)15-11-7-9-14(15)10-8-12-19-16(17-2)18-3;;;;/h6,9,16H,1,7-8,10,12-13,19H2,2-5H3;3*1H3;/q4*-1;+4. The van der Waals surface area contributed by atoms with Crippen molar-refractivity contribution in [3.8, 4) is 0 Å². The monoisotopic (exact) mass is 549 g/mol. The Morgan fingerprint density at radius 2 is 1.88 bits per heavy atom. The van der Waals surface area contributed by atoms with Gasteiger partial charge in [0.05, 0.1) is 9.52 Å². The topological polar surface area (TPSA) is 18.5 Å². The Bertz CT molecular complexity index is 376. The van der Waals surface area contributed by atoms with Crippen molar-refractivity contribution in [2.24, 2.45) is 0 Å². The summed E-state index contributed by atoms with van der Waals surface area (Å²) in [6, 6.07) is 2.43. The first kappa shape index (κ1) is 32.0. The predicted octanol–water partition coefficient (Wildman–Crippen LogP) is 4.77. The molecule has 5 heteroatoms. The van der Waals surface area contributed by atoms with Crippen LogP contribution in [0.5, 0.6) is 0 Å². The van der Waals surface area contributed by atoms with Crippen molar-refractivity contribution in [3.05, 3.63) is 57.9 Å². The van der Waals surface area contributed by atoms with Crippen LogP contribution < -0.4 is 0 Å². The third kappa shape index (κ3) is 10.3. The Labute approximate surface area is 170 Å². The third-order valence-corrected chi connectivity index (χ3v) is 9.15. The molecule has 0 saturated heterocycles. The molecule has 0 aromatic carbocycles. The van der Waals surface area contributed by atoms with Crippen molar-refractivity contribution in [3.63, 3.8) is 0 Å². The molecule has 0 amide bonds. The summed E-state index contributed by atoms with van der Waals surface area (Å²) in [6.07, 6.45) is 11.5.